The van der Waals surface area contributed by atoms with Gasteiger partial charge in [-0.2, -0.15) is 23.3 Å². The van der Waals surface area contributed by atoms with E-state index < -0.39 is 11.7 Å². The molecule has 3 heterocycles. The van der Waals surface area contributed by atoms with Crippen LogP contribution in [0.3, 0.4) is 0 Å². The summed E-state index contributed by atoms with van der Waals surface area (Å²) in [6, 6.07) is 0. The Bertz CT molecular complexity index is 714. The molecule has 1 atom stereocenters. The number of ether oxygens (including phenoxy) is 1. The van der Waals surface area contributed by atoms with Crippen LogP contribution in [0.25, 0.3) is 0 Å². The second kappa shape index (κ2) is 5.69. The molecule has 0 radical (unpaired) electrons. The molecule has 1 unspecified atom stereocenters. The zero-order valence-electron chi connectivity index (χ0n) is 12.5. The molecule has 0 spiro atoms. The van der Waals surface area contributed by atoms with Gasteiger partial charge in [-0.05, 0) is 6.92 Å². The zero-order valence-corrected chi connectivity index (χ0v) is 12.5. The molecule has 3 rings (SSSR count). The Morgan fingerprint density at radius 1 is 1.35 bits per heavy atom. The average molecular weight is 328 g/mol. The van der Waals surface area contributed by atoms with E-state index in [1.807, 2.05) is 6.92 Å². The summed E-state index contributed by atoms with van der Waals surface area (Å²) in [6.45, 7) is 3.07. The first-order valence-electron chi connectivity index (χ1n) is 6.96. The van der Waals surface area contributed by atoms with Gasteiger partial charge >= 0.3 is 6.18 Å². The van der Waals surface area contributed by atoms with Gasteiger partial charge in [-0.3, -0.25) is 4.68 Å². The average Bonchev–Trinajstić information content (AvgIpc) is 2.90. The Hall–Kier alpha value is -2.36. The number of halogens is 3. The van der Waals surface area contributed by atoms with E-state index in [9.17, 15) is 13.2 Å². The van der Waals surface area contributed by atoms with E-state index in [0.29, 0.717) is 18.8 Å². The van der Waals surface area contributed by atoms with Crippen molar-refractivity contribution in [1.29, 1.82) is 0 Å². The number of alkyl halides is 3. The van der Waals surface area contributed by atoms with Gasteiger partial charge in [-0.15, -0.1) is 0 Å². The highest BCUT2D eigenvalue weighted by atomic mass is 19.4. The van der Waals surface area contributed by atoms with E-state index in [1.165, 1.54) is 7.05 Å². The Balaban J connectivity index is 1.91. The van der Waals surface area contributed by atoms with Crippen LogP contribution in [-0.2, 0) is 17.5 Å². The van der Waals surface area contributed by atoms with Crippen LogP contribution in [0.2, 0.25) is 0 Å². The molecule has 124 valence electrons. The molecule has 1 aliphatic heterocycles. The van der Waals surface area contributed by atoms with Crippen LogP contribution in [0.4, 0.5) is 30.6 Å². The Kier molecular flexibility index (Phi) is 3.84. The first kappa shape index (κ1) is 15.5. The number of anilines is 3. The fourth-order valence-corrected chi connectivity index (χ4v) is 2.45. The first-order chi connectivity index (χ1) is 10.9. The van der Waals surface area contributed by atoms with Crippen molar-refractivity contribution in [1.82, 2.24) is 19.7 Å². The van der Waals surface area contributed by atoms with E-state index in [4.69, 9.17) is 4.74 Å². The molecule has 0 aromatic carbocycles. The third-order valence-corrected chi connectivity index (χ3v) is 3.51. The highest BCUT2D eigenvalue weighted by Gasteiger charge is 2.35. The third kappa shape index (κ3) is 2.93. The predicted octanol–water partition coefficient (Wildman–Crippen LogP) is 2.57. The topological polar surface area (TPSA) is 76.9 Å². The van der Waals surface area contributed by atoms with Crippen LogP contribution in [0.15, 0.2) is 12.4 Å². The summed E-state index contributed by atoms with van der Waals surface area (Å²) in [5.74, 6) is -0.240. The predicted molar refractivity (Wildman–Crippen MR) is 76.5 cm³/mol. The molecular weight excluding hydrogens is 313 g/mol. The van der Waals surface area contributed by atoms with Crippen LogP contribution >= 0.6 is 0 Å². The third-order valence-electron chi connectivity index (χ3n) is 3.51. The lowest BCUT2D eigenvalue weighted by Gasteiger charge is -2.22. The highest BCUT2D eigenvalue weighted by molar-refractivity contribution is 5.58. The van der Waals surface area contributed by atoms with Gasteiger partial charge in [0, 0.05) is 13.2 Å². The molecule has 0 bridgehead atoms. The van der Waals surface area contributed by atoms with E-state index in [2.05, 4.69) is 25.7 Å². The van der Waals surface area contributed by atoms with Crippen molar-refractivity contribution >= 4 is 17.5 Å². The number of hydrogen-bond donors (Lipinski definition) is 2. The molecule has 10 heteroatoms. The monoisotopic (exact) mass is 328 g/mol. The van der Waals surface area contributed by atoms with Crippen molar-refractivity contribution < 1.29 is 17.9 Å². The normalized spacial score (nSPS) is 17.7. The Morgan fingerprint density at radius 2 is 2.13 bits per heavy atom. The van der Waals surface area contributed by atoms with Gasteiger partial charge in [0.2, 0.25) is 5.95 Å². The smallest absolute Gasteiger partial charge is 0.372 e. The summed E-state index contributed by atoms with van der Waals surface area (Å²) in [7, 11) is 1.37. The van der Waals surface area contributed by atoms with E-state index in [-0.39, 0.29) is 17.9 Å². The lowest BCUT2D eigenvalue weighted by molar-refractivity contribution is -0.137. The summed E-state index contributed by atoms with van der Waals surface area (Å²) in [4.78, 5) is 7.62. The molecule has 2 aromatic heterocycles. The summed E-state index contributed by atoms with van der Waals surface area (Å²) in [6.07, 6.45) is -2.36. The maximum atomic E-state index is 12.9. The largest absolute Gasteiger partial charge is 0.421 e. The van der Waals surface area contributed by atoms with Crippen molar-refractivity contribution in [3.05, 3.63) is 23.7 Å². The maximum absolute atomic E-state index is 12.9. The van der Waals surface area contributed by atoms with Crippen LogP contribution < -0.4 is 10.6 Å². The SMILES string of the molecule is CNc1nc(Nc2cnn3c2C(C)OCC3)ncc1C(F)(F)F. The van der Waals surface area contributed by atoms with Gasteiger partial charge in [0.05, 0.1) is 36.8 Å². The van der Waals surface area contributed by atoms with Crippen molar-refractivity contribution in [2.75, 3.05) is 24.3 Å². The minimum atomic E-state index is -4.52. The number of rotatable bonds is 3. The molecule has 7 nitrogen and oxygen atoms in total. The quantitative estimate of drug-likeness (QED) is 0.902. The minimum absolute atomic E-state index is 0.0518. The Labute approximate surface area is 129 Å². The van der Waals surface area contributed by atoms with Crippen LogP contribution in [-0.4, -0.2) is 33.4 Å². The van der Waals surface area contributed by atoms with Gasteiger partial charge in [0.15, 0.2) is 0 Å². The van der Waals surface area contributed by atoms with E-state index in [1.54, 1.807) is 10.9 Å². The maximum Gasteiger partial charge on any atom is 0.421 e. The molecule has 23 heavy (non-hydrogen) atoms. The molecular formula is C13H15F3N6O. The van der Waals surface area contributed by atoms with Gasteiger partial charge in [0.25, 0.3) is 0 Å². The molecule has 0 aliphatic carbocycles. The molecule has 2 N–H and O–H groups in total. The second-order valence-electron chi connectivity index (χ2n) is 5.01. The number of hydrogen-bond acceptors (Lipinski definition) is 6. The summed E-state index contributed by atoms with van der Waals surface area (Å²) < 4.78 is 45.9. The van der Waals surface area contributed by atoms with Crippen LogP contribution in [0.1, 0.15) is 24.3 Å². The lowest BCUT2D eigenvalue weighted by atomic mass is 10.2. The molecule has 0 saturated heterocycles. The zero-order chi connectivity index (χ0) is 16.6. The van der Waals surface area contributed by atoms with Gasteiger partial charge in [0.1, 0.15) is 11.4 Å². The van der Waals surface area contributed by atoms with Gasteiger partial charge < -0.3 is 15.4 Å². The summed E-state index contributed by atoms with van der Waals surface area (Å²) in [5, 5.41) is 9.57. The van der Waals surface area contributed by atoms with Crippen LogP contribution in [0, 0.1) is 0 Å². The standard InChI is InChI=1S/C13H15F3N6O/c1-7-10-9(6-19-22(10)3-4-23-7)20-12-18-5-8(13(14,15)16)11(17-2)21-12/h5-7H,3-4H2,1-2H3,(H2,17,18,20,21). The van der Waals surface area contributed by atoms with E-state index >= 15 is 0 Å². The van der Waals surface area contributed by atoms with Crippen molar-refractivity contribution in [3.8, 4) is 0 Å². The second-order valence-corrected chi connectivity index (χ2v) is 5.01. The lowest BCUT2D eigenvalue weighted by Crippen LogP contribution is -2.21. The first-order valence-corrected chi connectivity index (χ1v) is 6.96. The summed E-state index contributed by atoms with van der Waals surface area (Å²) >= 11 is 0. The number of fused-ring (bicyclic) bond motifs is 1. The molecule has 0 amide bonds. The fraction of sp³-hybridized carbons (Fsp3) is 0.462. The van der Waals surface area contributed by atoms with Crippen LogP contribution in [0.5, 0.6) is 0 Å². The number of aromatic nitrogens is 4. The van der Waals surface area contributed by atoms with Gasteiger partial charge in [-0.1, -0.05) is 0 Å². The fourth-order valence-electron chi connectivity index (χ4n) is 2.45. The van der Waals surface area contributed by atoms with Crippen molar-refractivity contribution in [3.63, 3.8) is 0 Å². The number of nitrogens with zero attached hydrogens (tertiary/aromatic N) is 4. The molecule has 1 aliphatic rings. The summed E-state index contributed by atoms with van der Waals surface area (Å²) in [5.41, 5.74) is 0.504. The number of nitrogens with one attached hydrogen (secondary N) is 2. The highest BCUT2D eigenvalue weighted by Crippen LogP contribution is 2.34. The van der Waals surface area contributed by atoms with E-state index in [0.717, 1.165) is 11.9 Å². The minimum Gasteiger partial charge on any atom is -0.372 e. The Morgan fingerprint density at radius 3 is 2.83 bits per heavy atom. The molecule has 0 fully saturated rings. The molecule has 0 saturated carbocycles. The van der Waals surface area contributed by atoms with Crippen molar-refractivity contribution in [2.45, 2.75) is 25.7 Å². The van der Waals surface area contributed by atoms with Crippen molar-refractivity contribution in [2.24, 2.45) is 0 Å². The van der Waals surface area contributed by atoms with Gasteiger partial charge in [-0.25, -0.2) is 4.98 Å². The molecule has 2 aromatic rings.